The standard InChI is InChI=1S/C21H22N2O2/c1-25-20(24)21-11-4-6-14-7-5-12-23(19(14)21)13-10-16-15-8-2-3-9-17(15)22-18(16)21/h2-3,5-9,19,22H,4,10-13H2,1H3/t19?,21-/m1/s1. The van der Waals surface area contributed by atoms with Crippen LogP contribution < -0.4 is 0 Å². The number of allylic oxidation sites excluding steroid dienone is 1. The molecule has 1 N–H and O–H groups in total. The normalized spacial score (nSPS) is 28.0. The molecule has 1 aliphatic carbocycles. The van der Waals surface area contributed by atoms with Crippen molar-refractivity contribution >= 4 is 16.9 Å². The Kier molecular flexibility index (Phi) is 3.19. The van der Waals surface area contributed by atoms with Gasteiger partial charge in [-0.3, -0.25) is 9.69 Å². The number of nitrogens with one attached hydrogen (secondary N) is 1. The highest BCUT2D eigenvalue weighted by Gasteiger charge is 2.56. The van der Waals surface area contributed by atoms with Crippen LogP contribution in [0, 0.1) is 0 Å². The van der Waals surface area contributed by atoms with E-state index in [-0.39, 0.29) is 12.0 Å². The van der Waals surface area contributed by atoms with Gasteiger partial charge in [-0.25, -0.2) is 0 Å². The van der Waals surface area contributed by atoms with Crippen molar-refractivity contribution in [2.24, 2.45) is 0 Å². The van der Waals surface area contributed by atoms with Crippen molar-refractivity contribution < 1.29 is 9.53 Å². The lowest BCUT2D eigenvalue weighted by Gasteiger charge is -2.46. The van der Waals surface area contributed by atoms with E-state index < -0.39 is 5.41 Å². The molecule has 2 aromatic rings. The molecule has 2 atom stereocenters. The number of aromatic amines is 1. The van der Waals surface area contributed by atoms with Crippen LogP contribution in [0.5, 0.6) is 0 Å². The van der Waals surface area contributed by atoms with Crippen molar-refractivity contribution in [3.63, 3.8) is 0 Å². The number of hydrogen-bond acceptors (Lipinski definition) is 3. The Balaban J connectivity index is 1.84. The SMILES string of the molecule is COC(=O)[C@]12CCC=C3C=CCN(CCc4c1[nH]c1ccccc41)C32. The fourth-order valence-corrected chi connectivity index (χ4v) is 5.19. The highest BCUT2D eigenvalue weighted by molar-refractivity contribution is 5.92. The Morgan fingerprint density at radius 2 is 2.24 bits per heavy atom. The number of para-hydroxylation sites is 1. The van der Waals surface area contributed by atoms with Gasteiger partial charge in [0.1, 0.15) is 5.41 Å². The summed E-state index contributed by atoms with van der Waals surface area (Å²) in [6.07, 6.45) is 9.35. The molecular formula is C21H22N2O2. The number of ether oxygens (including phenoxy) is 1. The number of nitrogens with zero attached hydrogens (tertiary/aromatic N) is 1. The van der Waals surface area contributed by atoms with Crippen molar-refractivity contribution in [1.29, 1.82) is 0 Å². The molecule has 1 unspecified atom stereocenters. The molecule has 0 bridgehead atoms. The number of H-pyrrole nitrogens is 1. The van der Waals surface area contributed by atoms with Crippen molar-refractivity contribution in [3.05, 3.63) is 59.3 Å². The van der Waals surface area contributed by atoms with Crippen molar-refractivity contribution in [2.75, 3.05) is 20.2 Å². The van der Waals surface area contributed by atoms with E-state index in [0.29, 0.717) is 0 Å². The molecule has 5 rings (SSSR count). The second kappa shape index (κ2) is 5.33. The lowest BCUT2D eigenvalue weighted by Crippen LogP contribution is -2.58. The first-order chi connectivity index (χ1) is 12.3. The van der Waals surface area contributed by atoms with Crippen LogP contribution in [0.4, 0.5) is 0 Å². The predicted octanol–water partition coefficient (Wildman–Crippen LogP) is 3.10. The first-order valence-corrected chi connectivity index (χ1v) is 9.05. The molecule has 0 saturated heterocycles. The van der Waals surface area contributed by atoms with Crippen LogP contribution in [-0.4, -0.2) is 42.1 Å². The van der Waals surface area contributed by atoms with Crippen LogP contribution >= 0.6 is 0 Å². The average molecular weight is 334 g/mol. The van der Waals surface area contributed by atoms with E-state index in [1.54, 1.807) is 0 Å². The predicted molar refractivity (Wildman–Crippen MR) is 97.5 cm³/mol. The Hall–Kier alpha value is -2.33. The van der Waals surface area contributed by atoms with E-state index in [1.807, 2.05) is 6.07 Å². The van der Waals surface area contributed by atoms with Crippen LogP contribution in [-0.2, 0) is 21.4 Å². The topological polar surface area (TPSA) is 45.3 Å². The third-order valence-corrected chi connectivity index (χ3v) is 6.18. The van der Waals surface area contributed by atoms with Gasteiger partial charge in [0.15, 0.2) is 0 Å². The molecule has 4 heteroatoms. The highest BCUT2D eigenvalue weighted by atomic mass is 16.5. The minimum absolute atomic E-state index is 0.0630. The number of carbonyl (C=O) groups is 1. The lowest BCUT2D eigenvalue weighted by molar-refractivity contribution is -0.150. The van der Waals surface area contributed by atoms with Crippen LogP contribution in [0.15, 0.2) is 48.1 Å². The molecule has 25 heavy (non-hydrogen) atoms. The summed E-state index contributed by atoms with van der Waals surface area (Å²) in [5, 5.41) is 1.24. The molecule has 4 nitrogen and oxygen atoms in total. The van der Waals surface area contributed by atoms with Gasteiger partial charge in [-0.05, 0) is 36.5 Å². The molecule has 3 heterocycles. The molecule has 0 saturated carbocycles. The van der Waals surface area contributed by atoms with Gasteiger partial charge in [0.25, 0.3) is 0 Å². The highest BCUT2D eigenvalue weighted by Crippen LogP contribution is 2.48. The largest absolute Gasteiger partial charge is 0.468 e. The van der Waals surface area contributed by atoms with E-state index in [1.165, 1.54) is 23.6 Å². The molecule has 3 aliphatic rings. The average Bonchev–Trinajstić information content (AvgIpc) is 2.97. The molecule has 1 aromatic carbocycles. The maximum Gasteiger partial charge on any atom is 0.319 e. The number of methoxy groups -OCH3 is 1. The monoisotopic (exact) mass is 334 g/mol. The van der Waals surface area contributed by atoms with Crippen LogP contribution in [0.2, 0.25) is 0 Å². The lowest BCUT2D eigenvalue weighted by atomic mass is 9.66. The van der Waals surface area contributed by atoms with E-state index >= 15 is 0 Å². The number of benzene rings is 1. The summed E-state index contributed by atoms with van der Waals surface area (Å²) >= 11 is 0. The number of aromatic nitrogens is 1. The van der Waals surface area contributed by atoms with E-state index in [2.05, 4.69) is 46.3 Å². The maximum absolute atomic E-state index is 13.2. The molecule has 0 amide bonds. The smallest absolute Gasteiger partial charge is 0.319 e. The van der Waals surface area contributed by atoms with Gasteiger partial charge < -0.3 is 9.72 Å². The zero-order valence-electron chi connectivity index (χ0n) is 14.4. The summed E-state index contributed by atoms with van der Waals surface area (Å²) < 4.78 is 5.39. The number of carbonyl (C=O) groups excluding carboxylic acids is 1. The first kappa shape index (κ1) is 15.0. The summed E-state index contributed by atoms with van der Waals surface area (Å²) in [7, 11) is 1.52. The minimum Gasteiger partial charge on any atom is -0.468 e. The van der Waals surface area contributed by atoms with Crippen molar-refractivity contribution in [2.45, 2.75) is 30.7 Å². The van der Waals surface area contributed by atoms with Gasteiger partial charge >= 0.3 is 5.97 Å². The number of fused-ring (bicyclic) bond motifs is 4. The number of hydrogen-bond donors (Lipinski definition) is 1. The van der Waals surface area contributed by atoms with Gasteiger partial charge in [0.2, 0.25) is 0 Å². The Bertz CT molecular complexity index is 923. The Labute approximate surface area is 147 Å². The molecule has 0 fully saturated rings. The summed E-state index contributed by atoms with van der Waals surface area (Å²) in [4.78, 5) is 19.3. The molecule has 0 radical (unpaired) electrons. The fourth-order valence-electron chi connectivity index (χ4n) is 5.19. The maximum atomic E-state index is 13.2. The summed E-state index contributed by atoms with van der Waals surface area (Å²) in [6.45, 7) is 1.85. The van der Waals surface area contributed by atoms with Gasteiger partial charge in [-0.15, -0.1) is 0 Å². The van der Waals surface area contributed by atoms with Gasteiger partial charge in [-0.1, -0.05) is 36.4 Å². The van der Waals surface area contributed by atoms with Crippen LogP contribution in [0.3, 0.4) is 0 Å². The van der Waals surface area contributed by atoms with Crippen molar-refractivity contribution in [3.8, 4) is 0 Å². The zero-order chi connectivity index (χ0) is 17.0. The van der Waals surface area contributed by atoms with E-state index in [0.717, 1.165) is 43.6 Å². The van der Waals surface area contributed by atoms with Crippen LogP contribution in [0.25, 0.3) is 10.9 Å². The minimum atomic E-state index is -0.644. The van der Waals surface area contributed by atoms with E-state index in [4.69, 9.17) is 4.74 Å². The van der Waals surface area contributed by atoms with Gasteiger partial charge in [-0.2, -0.15) is 0 Å². The molecule has 128 valence electrons. The number of rotatable bonds is 1. The zero-order valence-corrected chi connectivity index (χ0v) is 14.4. The summed E-state index contributed by atoms with van der Waals surface area (Å²) in [5.74, 6) is -0.113. The van der Waals surface area contributed by atoms with Gasteiger partial charge in [0.05, 0.1) is 13.2 Å². The first-order valence-electron chi connectivity index (χ1n) is 9.05. The van der Waals surface area contributed by atoms with E-state index in [9.17, 15) is 4.79 Å². The summed E-state index contributed by atoms with van der Waals surface area (Å²) in [5.41, 5.74) is 4.10. The Morgan fingerprint density at radius 3 is 3.12 bits per heavy atom. The number of esters is 1. The molecule has 2 aliphatic heterocycles. The third-order valence-electron chi connectivity index (χ3n) is 6.18. The third kappa shape index (κ3) is 1.89. The van der Waals surface area contributed by atoms with Crippen molar-refractivity contribution in [1.82, 2.24) is 9.88 Å². The molecular weight excluding hydrogens is 312 g/mol. The van der Waals surface area contributed by atoms with Gasteiger partial charge in [0, 0.05) is 29.7 Å². The molecule has 1 aromatic heterocycles. The Morgan fingerprint density at radius 1 is 1.36 bits per heavy atom. The quantitative estimate of drug-likeness (QED) is 0.815. The molecule has 0 spiro atoms. The van der Waals surface area contributed by atoms with Crippen LogP contribution in [0.1, 0.15) is 24.1 Å². The second-order valence-electron chi connectivity index (χ2n) is 7.28. The fraction of sp³-hybridized carbons (Fsp3) is 0.381. The second-order valence-corrected chi connectivity index (χ2v) is 7.28. The summed E-state index contributed by atoms with van der Waals surface area (Å²) in [6, 6.07) is 8.45.